The van der Waals surface area contributed by atoms with Crippen LogP contribution in [-0.4, -0.2) is 34.6 Å². The van der Waals surface area contributed by atoms with Crippen molar-refractivity contribution < 1.29 is 9.15 Å². The van der Waals surface area contributed by atoms with Gasteiger partial charge in [0.15, 0.2) is 0 Å². The molecule has 0 saturated heterocycles. The molecule has 21 heavy (non-hydrogen) atoms. The first-order valence-electron chi connectivity index (χ1n) is 6.97. The van der Waals surface area contributed by atoms with Crippen LogP contribution in [0.1, 0.15) is 26.3 Å². The molecule has 0 aliphatic heterocycles. The summed E-state index contributed by atoms with van der Waals surface area (Å²) in [7, 11) is 1.91. The number of anilines is 2. The first-order valence-corrected chi connectivity index (χ1v) is 6.97. The monoisotopic (exact) mass is 291 g/mol. The molecule has 0 bridgehead atoms. The van der Waals surface area contributed by atoms with E-state index < -0.39 is 0 Å². The van der Waals surface area contributed by atoms with Gasteiger partial charge in [0.1, 0.15) is 0 Å². The maximum absolute atomic E-state index is 5.58. The summed E-state index contributed by atoms with van der Waals surface area (Å²) in [6.07, 6.45) is 3.36. The third kappa shape index (κ3) is 4.34. The van der Waals surface area contributed by atoms with Gasteiger partial charge in [0.2, 0.25) is 11.9 Å². The minimum absolute atomic E-state index is 0.00825. The summed E-state index contributed by atoms with van der Waals surface area (Å²) < 4.78 is 10.7. The summed E-state index contributed by atoms with van der Waals surface area (Å²) in [4.78, 5) is 14.9. The van der Waals surface area contributed by atoms with Crippen LogP contribution in [0, 0.1) is 0 Å². The van der Waals surface area contributed by atoms with E-state index >= 15 is 0 Å². The molecular formula is C14H21N5O2. The second-order valence-electron chi connectivity index (χ2n) is 4.93. The van der Waals surface area contributed by atoms with Gasteiger partial charge < -0.3 is 19.4 Å². The number of furan rings is 1. The molecule has 0 aliphatic rings. The molecule has 7 nitrogen and oxygen atoms in total. The average Bonchev–Trinajstić information content (AvgIpc) is 2.91. The third-order valence-electron chi connectivity index (χ3n) is 2.62. The highest BCUT2D eigenvalue weighted by atomic mass is 16.5. The van der Waals surface area contributed by atoms with Crippen LogP contribution in [0.15, 0.2) is 23.0 Å². The van der Waals surface area contributed by atoms with Gasteiger partial charge in [-0.2, -0.15) is 15.0 Å². The van der Waals surface area contributed by atoms with Gasteiger partial charge in [0.25, 0.3) is 0 Å². The van der Waals surface area contributed by atoms with Crippen molar-refractivity contribution >= 4 is 11.9 Å². The minimum Gasteiger partial charge on any atom is -0.472 e. The fourth-order valence-corrected chi connectivity index (χ4v) is 1.74. The van der Waals surface area contributed by atoms with Crippen molar-refractivity contribution in [1.82, 2.24) is 15.0 Å². The lowest BCUT2D eigenvalue weighted by atomic mass is 10.3. The van der Waals surface area contributed by atoms with Crippen LogP contribution in [0.3, 0.4) is 0 Å². The van der Waals surface area contributed by atoms with Crippen molar-refractivity contribution in [3.63, 3.8) is 0 Å². The lowest BCUT2D eigenvalue weighted by Crippen LogP contribution is -2.21. The van der Waals surface area contributed by atoms with Crippen molar-refractivity contribution in [2.24, 2.45) is 0 Å². The number of hydrogen-bond acceptors (Lipinski definition) is 7. The molecule has 0 unspecified atom stereocenters. The Labute approximate surface area is 124 Å². The van der Waals surface area contributed by atoms with Gasteiger partial charge in [-0.15, -0.1) is 0 Å². The van der Waals surface area contributed by atoms with Crippen molar-refractivity contribution in [2.75, 3.05) is 23.8 Å². The number of aromatic nitrogens is 3. The second-order valence-corrected chi connectivity index (χ2v) is 4.93. The van der Waals surface area contributed by atoms with Crippen LogP contribution < -0.4 is 15.0 Å². The van der Waals surface area contributed by atoms with Crippen molar-refractivity contribution in [3.8, 4) is 6.01 Å². The molecule has 0 spiro atoms. The molecule has 2 rings (SSSR count). The van der Waals surface area contributed by atoms with Crippen molar-refractivity contribution in [1.29, 1.82) is 0 Å². The Balaban J connectivity index is 2.21. The summed E-state index contributed by atoms with van der Waals surface area (Å²) in [6, 6.07) is 2.24. The fourth-order valence-electron chi connectivity index (χ4n) is 1.74. The largest absolute Gasteiger partial charge is 0.472 e. The third-order valence-corrected chi connectivity index (χ3v) is 2.62. The molecule has 2 aromatic heterocycles. The van der Waals surface area contributed by atoms with E-state index in [-0.39, 0.29) is 6.10 Å². The second kappa shape index (κ2) is 6.92. The first kappa shape index (κ1) is 15.1. The zero-order chi connectivity index (χ0) is 15.2. The molecule has 114 valence electrons. The Hall–Kier alpha value is -2.31. The highest BCUT2D eigenvalue weighted by Gasteiger charge is 2.12. The quantitative estimate of drug-likeness (QED) is 0.838. The molecular weight excluding hydrogens is 270 g/mol. The van der Waals surface area contributed by atoms with E-state index in [9.17, 15) is 0 Å². The van der Waals surface area contributed by atoms with E-state index in [1.165, 1.54) is 0 Å². The number of nitrogens with one attached hydrogen (secondary N) is 1. The molecule has 0 aromatic carbocycles. The SMILES string of the molecule is CCNc1nc(OC(C)C)nc(N(C)Cc2ccoc2)n1. The van der Waals surface area contributed by atoms with E-state index in [0.29, 0.717) is 24.5 Å². The van der Waals surface area contributed by atoms with Crippen LogP contribution in [-0.2, 0) is 6.54 Å². The molecule has 0 atom stereocenters. The van der Waals surface area contributed by atoms with Gasteiger partial charge in [0, 0.05) is 25.7 Å². The van der Waals surface area contributed by atoms with Crippen LogP contribution in [0.4, 0.5) is 11.9 Å². The van der Waals surface area contributed by atoms with E-state index in [1.54, 1.807) is 12.5 Å². The Morgan fingerprint density at radius 1 is 1.33 bits per heavy atom. The standard InChI is InChI=1S/C14H21N5O2/c1-5-15-12-16-13(18-14(17-12)21-10(2)3)19(4)8-11-6-7-20-9-11/h6-7,9-10H,5,8H2,1-4H3,(H,15,16,17,18). The van der Waals surface area contributed by atoms with Gasteiger partial charge in [-0.05, 0) is 26.8 Å². The fraction of sp³-hybridized carbons (Fsp3) is 0.500. The van der Waals surface area contributed by atoms with Gasteiger partial charge in [-0.3, -0.25) is 0 Å². The van der Waals surface area contributed by atoms with E-state index in [0.717, 1.165) is 12.1 Å². The smallest absolute Gasteiger partial charge is 0.323 e. The zero-order valence-corrected chi connectivity index (χ0v) is 12.8. The molecule has 2 heterocycles. The Morgan fingerprint density at radius 2 is 2.14 bits per heavy atom. The maximum Gasteiger partial charge on any atom is 0.323 e. The Bertz CT molecular complexity index is 556. The predicted octanol–water partition coefficient (Wildman–Crippen LogP) is 2.32. The van der Waals surface area contributed by atoms with Gasteiger partial charge in [0.05, 0.1) is 18.6 Å². The topological polar surface area (TPSA) is 76.3 Å². The molecule has 0 radical (unpaired) electrons. The van der Waals surface area contributed by atoms with Crippen LogP contribution in [0.25, 0.3) is 0 Å². The molecule has 0 amide bonds. The van der Waals surface area contributed by atoms with E-state index in [1.807, 2.05) is 38.8 Å². The molecule has 0 fully saturated rings. The molecule has 0 aliphatic carbocycles. The number of rotatable bonds is 7. The van der Waals surface area contributed by atoms with Crippen LogP contribution in [0.5, 0.6) is 6.01 Å². The maximum atomic E-state index is 5.58. The summed E-state index contributed by atoms with van der Waals surface area (Å²) in [5.74, 6) is 1.06. The first-order chi connectivity index (χ1) is 10.1. The number of hydrogen-bond donors (Lipinski definition) is 1. The Morgan fingerprint density at radius 3 is 2.76 bits per heavy atom. The summed E-state index contributed by atoms with van der Waals surface area (Å²) in [6.45, 7) is 7.24. The molecule has 7 heteroatoms. The Kier molecular flexibility index (Phi) is 4.97. The lowest BCUT2D eigenvalue weighted by Gasteiger charge is -2.18. The van der Waals surface area contributed by atoms with Gasteiger partial charge >= 0.3 is 6.01 Å². The highest BCUT2D eigenvalue weighted by Crippen LogP contribution is 2.17. The number of nitrogens with zero attached hydrogens (tertiary/aromatic N) is 4. The zero-order valence-electron chi connectivity index (χ0n) is 12.8. The van der Waals surface area contributed by atoms with Gasteiger partial charge in [-0.1, -0.05) is 0 Å². The van der Waals surface area contributed by atoms with Crippen molar-refractivity contribution in [2.45, 2.75) is 33.4 Å². The minimum atomic E-state index is 0.00825. The van der Waals surface area contributed by atoms with E-state index in [2.05, 4.69) is 20.3 Å². The summed E-state index contributed by atoms with van der Waals surface area (Å²) in [5, 5.41) is 3.09. The summed E-state index contributed by atoms with van der Waals surface area (Å²) in [5.41, 5.74) is 1.05. The van der Waals surface area contributed by atoms with Crippen LogP contribution >= 0.6 is 0 Å². The van der Waals surface area contributed by atoms with E-state index in [4.69, 9.17) is 9.15 Å². The highest BCUT2D eigenvalue weighted by molar-refractivity contribution is 5.38. The molecule has 2 aromatic rings. The normalized spacial score (nSPS) is 10.7. The predicted molar refractivity (Wildman–Crippen MR) is 80.6 cm³/mol. The van der Waals surface area contributed by atoms with Crippen LogP contribution in [0.2, 0.25) is 0 Å². The van der Waals surface area contributed by atoms with Crippen molar-refractivity contribution in [3.05, 3.63) is 24.2 Å². The lowest BCUT2D eigenvalue weighted by molar-refractivity contribution is 0.222. The summed E-state index contributed by atoms with van der Waals surface area (Å²) >= 11 is 0. The average molecular weight is 291 g/mol. The number of ether oxygens (including phenoxy) is 1. The van der Waals surface area contributed by atoms with Gasteiger partial charge in [-0.25, -0.2) is 0 Å². The molecule has 0 saturated carbocycles. The molecule has 1 N–H and O–H groups in total.